The molecule has 2 aromatic rings. The lowest BCUT2D eigenvalue weighted by Crippen LogP contribution is -2.15. The number of fused-ring (bicyclic) bond motifs is 1. The molecule has 0 aliphatic heterocycles. The van der Waals surface area contributed by atoms with E-state index in [1.54, 1.807) is 44.9 Å². The Morgan fingerprint density at radius 2 is 1.93 bits per heavy atom. The standard InChI is InChI=1S/C20H26O6S2/c1-14(2)20(21)25-7-6-23-8-10-28-11-9-24-17-13-19(27)26-18-12-15(22-3)4-5-16(17)18/h4-5,12-14H,6-11H2,1-3H3. The second-order valence-electron chi connectivity index (χ2n) is 6.19. The van der Waals surface area contributed by atoms with Gasteiger partial charge in [-0.2, -0.15) is 11.8 Å². The zero-order chi connectivity index (χ0) is 20.4. The summed E-state index contributed by atoms with van der Waals surface area (Å²) in [7, 11) is 1.61. The second-order valence-corrected chi connectivity index (χ2v) is 7.81. The molecule has 0 atom stereocenters. The summed E-state index contributed by atoms with van der Waals surface area (Å²) in [5.41, 5.74) is 0.640. The predicted molar refractivity (Wildman–Crippen MR) is 113 cm³/mol. The Balaban J connectivity index is 1.65. The molecule has 0 aliphatic rings. The summed E-state index contributed by atoms with van der Waals surface area (Å²) < 4.78 is 27.5. The Hall–Kier alpha value is -1.77. The van der Waals surface area contributed by atoms with Crippen LogP contribution in [0, 0.1) is 10.6 Å². The van der Waals surface area contributed by atoms with Crippen LogP contribution in [0.5, 0.6) is 11.5 Å². The van der Waals surface area contributed by atoms with Gasteiger partial charge < -0.3 is 23.4 Å². The number of hydrogen-bond donors (Lipinski definition) is 0. The molecule has 1 aromatic carbocycles. The van der Waals surface area contributed by atoms with E-state index in [1.165, 1.54) is 0 Å². The number of thioether (sulfide) groups is 1. The van der Waals surface area contributed by atoms with Gasteiger partial charge in [0.1, 0.15) is 23.7 Å². The molecule has 0 radical (unpaired) electrons. The fourth-order valence-corrected chi connectivity index (χ4v) is 3.10. The molecule has 0 aliphatic carbocycles. The monoisotopic (exact) mass is 426 g/mol. The molecule has 0 saturated heterocycles. The number of esters is 1. The van der Waals surface area contributed by atoms with E-state index >= 15 is 0 Å². The molecule has 0 unspecified atom stereocenters. The van der Waals surface area contributed by atoms with Crippen LogP contribution in [0.1, 0.15) is 13.8 Å². The van der Waals surface area contributed by atoms with E-state index in [9.17, 15) is 4.79 Å². The Bertz CT molecular complexity index is 818. The Morgan fingerprint density at radius 3 is 2.68 bits per heavy atom. The van der Waals surface area contributed by atoms with Crippen LogP contribution in [-0.4, -0.2) is 51.0 Å². The van der Waals surface area contributed by atoms with Gasteiger partial charge in [-0.05, 0) is 24.4 Å². The molecule has 0 bridgehead atoms. The van der Waals surface area contributed by atoms with E-state index in [4.69, 9.17) is 35.6 Å². The summed E-state index contributed by atoms with van der Waals surface area (Å²) in [6.07, 6.45) is 0. The van der Waals surface area contributed by atoms with Gasteiger partial charge in [-0.15, -0.1) is 0 Å². The van der Waals surface area contributed by atoms with Gasteiger partial charge in [0.05, 0.1) is 38.2 Å². The van der Waals surface area contributed by atoms with E-state index in [-0.39, 0.29) is 11.9 Å². The van der Waals surface area contributed by atoms with Crippen molar-refractivity contribution in [2.24, 2.45) is 5.92 Å². The minimum atomic E-state index is -0.197. The SMILES string of the molecule is COc1ccc2c(OCCSCCOCCOC(=O)C(C)C)cc(=S)oc2c1. The first kappa shape index (κ1) is 22.5. The minimum Gasteiger partial charge on any atom is -0.497 e. The lowest BCUT2D eigenvalue weighted by molar-refractivity contribution is -0.148. The lowest BCUT2D eigenvalue weighted by atomic mass is 10.2. The normalized spacial score (nSPS) is 11.0. The van der Waals surface area contributed by atoms with Crippen molar-refractivity contribution >= 4 is 40.9 Å². The third kappa shape index (κ3) is 7.33. The van der Waals surface area contributed by atoms with Crippen LogP contribution in [0.4, 0.5) is 0 Å². The number of benzene rings is 1. The van der Waals surface area contributed by atoms with Crippen LogP contribution < -0.4 is 9.47 Å². The van der Waals surface area contributed by atoms with Crippen LogP contribution in [0.25, 0.3) is 11.0 Å². The first-order valence-electron chi connectivity index (χ1n) is 9.08. The van der Waals surface area contributed by atoms with Crippen molar-refractivity contribution in [3.05, 3.63) is 29.0 Å². The molecule has 0 saturated carbocycles. The zero-order valence-electron chi connectivity index (χ0n) is 16.4. The highest BCUT2D eigenvalue weighted by atomic mass is 32.2. The molecule has 28 heavy (non-hydrogen) atoms. The van der Waals surface area contributed by atoms with Crippen LogP contribution >= 0.6 is 24.0 Å². The van der Waals surface area contributed by atoms with Gasteiger partial charge in [0.15, 0.2) is 4.71 Å². The predicted octanol–water partition coefficient (Wildman–Crippen LogP) is 4.50. The minimum absolute atomic E-state index is 0.107. The smallest absolute Gasteiger partial charge is 0.308 e. The molecule has 0 fully saturated rings. The summed E-state index contributed by atoms with van der Waals surface area (Å²) in [6, 6.07) is 7.27. The molecule has 2 rings (SSSR count). The third-order valence-electron chi connectivity index (χ3n) is 3.71. The van der Waals surface area contributed by atoms with Crippen LogP contribution in [0.2, 0.25) is 0 Å². The van der Waals surface area contributed by atoms with Gasteiger partial charge in [0, 0.05) is 23.6 Å². The molecule has 0 spiro atoms. The maximum atomic E-state index is 11.3. The van der Waals surface area contributed by atoms with E-state index in [1.807, 2.05) is 12.1 Å². The van der Waals surface area contributed by atoms with Crippen molar-refractivity contribution in [2.75, 3.05) is 45.0 Å². The molecule has 1 aromatic heterocycles. The van der Waals surface area contributed by atoms with Gasteiger partial charge >= 0.3 is 5.97 Å². The third-order valence-corrected chi connectivity index (χ3v) is 4.83. The molecule has 154 valence electrons. The van der Waals surface area contributed by atoms with Crippen molar-refractivity contribution in [1.82, 2.24) is 0 Å². The van der Waals surface area contributed by atoms with Crippen molar-refractivity contribution in [3.8, 4) is 11.5 Å². The Labute approximate surface area is 174 Å². The summed E-state index contributed by atoms with van der Waals surface area (Å²) in [6.45, 7) is 5.48. The average molecular weight is 427 g/mol. The maximum Gasteiger partial charge on any atom is 0.308 e. The molecule has 6 nitrogen and oxygen atoms in total. The number of methoxy groups -OCH3 is 1. The number of carbonyl (C=O) groups excluding carboxylic acids is 1. The van der Waals surface area contributed by atoms with Crippen molar-refractivity contribution in [3.63, 3.8) is 0 Å². The van der Waals surface area contributed by atoms with Crippen molar-refractivity contribution in [1.29, 1.82) is 0 Å². The number of hydrogen-bond acceptors (Lipinski definition) is 8. The van der Waals surface area contributed by atoms with E-state index in [0.29, 0.717) is 48.2 Å². The molecular weight excluding hydrogens is 400 g/mol. The maximum absolute atomic E-state index is 11.3. The zero-order valence-corrected chi connectivity index (χ0v) is 18.0. The van der Waals surface area contributed by atoms with E-state index in [0.717, 1.165) is 16.9 Å². The number of rotatable bonds is 12. The van der Waals surface area contributed by atoms with Gasteiger partial charge in [-0.25, -0.2) is 0 Å². The van der Waals surface area contributed by atoms with Gasteiger partial charge in [-0.3, -0.25) is 4.79 Å². The number of carbonyl (C=O) groups is 1. The average Bonchev–Trinajstić information content (AvgIpc) is 2.68. The molecule has 1 heterocycles. The summed E-state index contributed by atoms with van der Waals surface area (Å²) >= 11 is 6.90. The van der Waals surface area contributed by atoms with Crippen molar-refractivity contribution in [2.45, 2.75) is 13.8 Å². The first-order chi connectivity index (χ1) is 13.5. The van der Waals surface area contributed by atoms with Gasteiger partial charge in [0.25, 0.3) is 0 Å². The Morgan fingerprint density at radius 1 is 1.14 bits per heavy atom. The Kier molecular flexibility index (Phi) is 9.60. The van der Waals surface area contributed by atoms with Crippen LogP contribution in [-0.2, 0) is 14.3 Å². The summed E-state index contributed by atoms with van der Waals surface area (Å²) in [5, 5.41) is 0.860. The fourth-order valence-electron chi connectivity index (χ4n) is 2.26. The van der Waals surface area contributed by atoms with Crippen LogP contribution in [0.3, 0.4) is 0 Å². The fraction of sp³-hybridized carbons (Fsp3) is 0.500. The van der Waals surface area contributed by atoms with E-state index in [2.05, 4.69) is 0 Å². The molecular formula is C20H26O6S2. The van der Waals surface area contributed by atoms with Crippen molar-refractivity contribution < 1.29 is 28.2 Å². The topological polar surface area (TPSA) is 67.1 Å². The summed E-state index contributed by atoms with van der Waals surface area (Å²) in [5.74, 6) is 2.77. The van der Waals surface area contributed by atoms with Crippen LogP contribution in [0.15, 0.2) is 28.7 Å². The highest BCUT2D eigenvalue weighted by Crippen LogP contribution is 2.29. The first-order valence-corrected chi connectivity index (χ1v) is 10.6. The van der Waals surface area contributed by atoms with Gasteiger partial charge in [-0.1, -0.05) is 13.8 Å². The second kappa shape index (κ2) is 11.9. The lowest BCUT2D eigenvalue weighted by Gasteiger charge is -2.10. The summed E-state index contributed by atoms with van der Waals surface area (Å²) in [4.78, 5) is 11.3. The molecule has 0 N–H and O–H groups in total. The molecule has 0 amide bonds. The largest absolute Gasteiger partial charge is 0.497 e. The van der Waals surface area contributed by atoms with Gasteiger partial charge in [0.2, 0.25) is 0 Å². The quantitative estimate of drug-likeness (QED) is 0.279. The van der Waals surface area contributed by atoms with E-state index < -0.39 is 0 Å². The molecule has 8 heteroatoms. The number of ether oxygens (including phenoxy) is 4. The highest BCUT2D eigenvalue weighted by molar-refractivity contribution is 7.99. The highest BCUT2D eigenvalue weighted by Gasteiger charge is 2.08.